The van der Waals surface area contributed by atoms with Gasteiger partial charge in [0, 0.05) is 17.5 Å². The van der Waals surface area contributed by atoms with Crippen molar-refractivity contribution >= 4 is 40.1 Å². The summed E-state index contributed by atoms with van der Waals surface area (Å²) in [6.07, 6.45) is 0. The molecule has 8 heteroatoms. The molecule has 1 aliphatic rings. The minimum absolute atomic E-state index is 0.147. The number of fused-ring (bicyclic) bond motifs is 2. The fourth-order valence-electron chi connectivity index (χ4n) is 3.72. The molecular formula is C25H19ClN2O5. The second-order valence-electron chi connectivity index (χ2n) is 7.54. The van der Waals surface area contributed by atoms with Crippen molar-refractivity contribution in [2.75, 3.05) is 12.1 Å². The summed E-state index contributed by atoms with van der Waals surface area (Å²) >= 11 is 6.20. The monoisotopic (exact) mass is 462 g/mol. The normalized spacial score (nSPS) is 12.1. The van der Waals surface area contributed by atoms with Crippen LogP contribution in [0.3, 0.4) is 0 Å². The second-order valence-corrected chi connectivity index (χ2v) is 7.95. The Morgan fingerprint density at radius 2 is 1.79 bits per heavy atom. The molecule has 0 aliphatic carbocycles. The van der Waals surface area contributed by atoms with Crippen LogP contribution in [0.15, 0.2) is 65.1 Å². The van der Waals surface area contributed by atoms with Gasteiger partial charge in [0.2, 0.25) is 6.79 Å². The molecule has 2 amide bonds. The zero-order valence-corrected chi connectivity index (χ0v) is 18.4. The second kappa shape index (κ2) is 8.52. The number of aryl methyl sites for hydroxylation is 1. The Balaban J connectivity index is 1.33. The number of para-hydroxylation sites is 2. The van der Waals surface area contributed by atoms with Gasteiger partial charge in [-0.05, 0) is 42.8 Å². The minimum atomic E-state index is -0.462. The highest BCUT2D eigenvalue weighted by molar-refractivity contribution is 6.35. The maximum absolute atomic E-state index is 13.0. The number of hydrogen-bond donors (Lipinski definition) is 2. The summed E-state index contributed by atoms with van der Waals surface area (Å²) < 4.78 is 16.4. The average molecular weight is 463 g/mol. The lowest BCUT2D eigenvalue weighted by molar-refractivity contribution is 0.0951. The lowest BCUT2D eigenvalue weighted by Crippen LogP contribution is -2.25. The molecule has 0 saturated heterocycles. The number of benzene rings is 3. The van der Waals surface area contributed by atoms with Crippen LogP contribution in [0.5, 0.6) is 11.5 Å². The zero-order chi connectivity index (χ0) is 22.9. The number of ether oxygens (including phenoxy) is 2. The first-order chi connectivity index (χ1) is 16.0. The van der Waals surface area contributed by atoms with E-state index in [4.69, 9.17) is 25.5 Å². The van der Waals surface area contributed by atoms with Gasteiger partial charge in [-0.2, -0.15) is 0 Å². The van der Waals surface area contributed by atoms with E-state index < -0.39 is 5.91 Å². The van der Waals surface area contributed by atoms with Crippen LogP contribution in [0.4, 0.5) is 5.69 Å². The summed E-state index contributed by atoms with van der Waals surface area (Å²) in [5.74, 6) is 0.688. The Bertz CT molecular complexity index is 1400. The Morgan fingerprint density at radius 3 is 2.64 bits per heavy atom. The lowest BCUT2D eigenvalue weighted by atomic mass is 10.1. The summed E-state index contributed by atoms with van der Waals surface area (Å²) in [4.78, 5) is 25.9. The highest BCUT2D eigenvalue weighted by atomic mass is 35.5. The number of carbonyl (C=O) groups is 2. The molecular weight excluding hydrogens is 444 g/mol. The minimum Gasteiger partial charge on any atom is -0.454 e. The number of amides is 2. The molecule has 0 radical (unpaired) electrons. The predicted octanol–water partition coefficient (Wildman–Crippen LogP) is 5.31. The first-order valence-electron chi connectivity index (χ1n) is 10.3. The first kappa shape index (κ1) is 20.9. The zero-order valence-electron chi connectivity index (χ0n) is 17.6. The molecule has 7 nitrogen and oxygen atoms in total. The van der Waals surface area contributed by atoms with Crippen molar-refractivity contribution in [1.29, 1.82) is 0 Å². The van der Waals surface area contributed by atoms with E-state index in [1.165, 1.54) is 0 Å². The van der Waals surface area contributed by atoms with E-state index >= 15 is 0 Å². The Labute approximate surface area is 194 Å². The fraction of sp³-hybridized carbons (Fsp3) is 0.120. The quantitative estimate of drug-likeness (QED) is 0.419. The summed E-state index contributed by atoms with van der Waals surface area (Å²) in [6, 6.07) is 17.6. The Morgan fingerprint density at radius 1 is 0.970 bits per heavy atom. The molecule has 2 heterocycles. The molecule has 0 fully saturated rings. The molecule has 1 aromatic heterocycles. The van der Waals surface area contributed by atoms with E-state index in [1.807, 2.05) is 18.2 Å². The number of hydrogen-bond acceptors (Lipinski definition) is 5. The summed E-state index contributed by atoms with van der Waals surface area (Å²) in [5, 5.41) is 6.86. The van der Waals surface area contributed by atoms with Gasteiger partial charge in [0.1, 0.15) is 0 Å². The number of anilines is 1. The summed E-state index contributed by atoms with van der Waals surface area (Å²) in [6.45, 7) is 2.27. The first-order valence-corrected chi connectivity index (χ1v) is 10.6. The van der Waals surface area contributed by atoms with E-state index in [9.17, 15) is 9.59 Å². The number of furan rings is 1. The molecule has 0 spiro atoms. The SMILES string of the molecule is Cc1c(C(=O)Nc2ccccc2C(=O)NCc2ccc3c(c2)OCO3)oc2c(Cl)cccc12. The van der Waals surface area contributed by atoms with Crippen molar-refractivity contribution in [2.45, 2.75) is 13.5 Å². The highest BCUT2D eigenvalue weighted by Crippen LogP contribution is 2.33. The van der Waals surface area contributed by atoms with Gasteiger partial charge in [-0.15, -0.1) is 0 Å². The van der Waals surface area contributed by atoms with E-state index in [0.29, 0.717) is 45.5 Å². The number of halogens is 1. The largest absolute Gasteiger partial charge is 0.454 e. The molecule has 3 aromatic carbocycles. The van der Waals surface area contributed by atoms with Gasteiger partial charge in [0.25, 0.3) is 11.8 Å². The van der Waals surface area contributed by atoms with E-state index in [1.54, 1.807) is 49.4 Å². The molecule has 2 N–H and O–H groups in total. The lowest BCUT2D eigenvalue weighted by Gasteiger charge is -2.11. The van der Waals surface area contributed by atoms with E-state index in [2.05, 4.69) is 10.6 Å². The third-order valence-corrected chi connectivity index (χ3v) is 5.73. The molecule has 5 rings (SSSR count). The third kappa shape index (κ3) is 3.99. The van der Waals surface area contributed by atoms with Crippen LogP contribution in [0.1, 0.15) is 32.0 Å². The van der Waals surface area contributed by atoms with Crippen LogP contribution >= 0.6 is 11.6 Å². The van der Waals surface area contributed by atoms with Crippen molar-refractivity contribution in [1.82, 2.24) is 5.32 Å². The molecule has 0 bridgehead atoms. The van der Waals surface area contributed by atoms with Crippen LogP contribution in [0, 0.1) is 6.92 Å². The smallest absolute Gasteiger partial charge is 0.291 e. The third-order valence-electron chi connectivity index (χ3n) is 5.43. The van der Waals surface area contributed by atoms with E-state index in [0.717, 1.165) is 10.9 Å². The van der Waals surface area contributed by atoms with E-state index in [-0.39, 0.29) is 18.5 Å². The van der Waals surface area contributed by atoms with Gasteiger partial charge < -0.3 is 24.5 Å². The maximum atomic E-state index is 13.0. The maximum Gasteiger partial charge on any atom is 0.291 e. The van der Waals surface area contributed by atoms with Crippen LogP contribution < -0.4 is 20.1 Å². The van der Waals surface area contributed by atoms with Crippen LogP contribution in [-0.4, -0.2) is 18.6 Å². The Hall–Kier alpha value is -3.97. The number of rotatable bonds is 5. The molecule has 1 aliphatic heterocycles. The molecule has 4 aromatic rings. The summed E-state index contributed by atoms with van der Waals surface area (Å²) in [5.41, 5.74) is 2.70. The van der Waals surface area contributed by atoms with Gasteiger partial charge in [-0.1, -0.05) is 41.9 Å². The van der Waals surface area contributed by atoms with Gasteiger partial charge in [-0.25, -0.2) is 0 Å². The molecule has 0 atom stereocenters. The van der Waals surface area contributed by atoms with Crippen molar-refractivity contribution in [2.24, 2.45) is 0 Å². The van der Waals surface area contributed by atoms with Crippen LogP contribution in [0.25, 0.3) is 11.0 Å². The van der Waals surface area contributed by atoms with Gasteiger partial charge >= 0.3 is 0 Å². The van der Waals surface area contributed by atoms with Crippen molar-refractivity contribution in [3.8, 4) is 11.5 Å². The van der Waals surface area contributed by atoms with Crippen LogP contribution in [0.2, 0.25) is 5.02 Å². The fourth-order valence-corrected chi connectivity index (χ4v) is 3.94. The van der Waals surface area contributed by atoms with Crippen LogP contribution in [-0.2, 0) is 6.54 Å². The summed E-state index contributed by atoms with van der Waals surface area (Å²) in [7, 11) is 0. The Kier molecular flexibility index (Phi) is 5.40. The number of nitrogens with one attached hydrogen (secondary N) is 2. The van der Waals surface area contributed by atoms with Gasteiger partial charge in [0.15, 0.2) is 22.8 Å². The van der Waals surface area contributed by atoms with Crippen molar-refractivity contribution in [3.05, 3.63) is 88.1 Å². The topological polar surface area (TPSA) is 89.8 Å². The predicted molar refractivity (Wildman–Crippen MR) is 124 cm³/mol. The average Bonchev–Trinajstić information content (AvgIpc) is 3.43. The molecule has 0 unspecified atom stereocenters. The molecule has 0 saturated carbocycles. The van der Waals surface area contributed by atoms with Crippen molar-refractivity contribution in [3.63, 3.8) is 0 Å². The van der Waals surface area contributed by atoms with Crippen molar-refractivity contribution < 1.29 is 23.5 Å². The molecule has 166 valence electrons. The standard InChI is InChI=1S/C25H19ClN2O5/c1-14-16-6-4-7-18(26)23(16)33-22(14)25(30)28-19-8-3-2-5-17(19)24(29)27-12-15-9-10-20-21(11-15)32-13-31-20/h2-11H,12-13H2,1H3,(H,27,29)(H,28,30). The van der Waals surface area contributed by atoms with Gasteiger partial charge in [0.05, 0.1) is 16.3 Å². The van der Waals surface area contributed by atoms with Gasteiger partial charge in [-0.3, -0.25) is 9.59 Å². The molecule has 33 heavy (non-hydrogen) atoms. The number of carbonyl (C=O) groups excluding carboxylic acids is 2. The highest BCUT2D eigenvalue weighted by Gasteiger charge is 2.21.